The van der Waals surface area contributed by atoms with E-state index in [0.717, 1.165) is 12.1 Å². The van der Waals surface area contributed by atoms with Crippen LogP contribution < -0.4 is 5.73 Å². The standard InChI is InChI=1S/C9H6F2N2/c10-5-3-7(11)6-1-2-9(12)13-8(6)4-5/h1-4H,(H2,12,13). The van der Waals surface area contributed by atoms with Gasteiger partial charge in [0.1, 0.15) is 17.5 Å². The van der Waals surface area contributed by atoms with Crippen molar-refractivity contribution in [3.05, 3.63) is 35.9 Å². The SMILES string of the molecule is Nc1ccc2c(F)cc(F)cc2n1. The van der Waals surface area contributed by atoms with E-state index < -0.39 is 11.6 Å². The maximum Gasteiger partial charge on any atom is 0.135 e. The number of benzene rings is 1. The molecule has 0 saturated heterocycles. The number of rotatable bonds is 0. The second-order valence-electron chi connectivity index (χ2n) is 2.69. The number of pyridine rings is 1. The molecule has 0 unspecified atom stereocenters. The average Bonchev–Trinajstić information content (AvgIpc) is 2.02. The number of halogens is 2. The molecule has 2 rings (SSSR count). The van der Waals surface area contributed by atoms with E-state index in [1.165, 1.54) is 12.1 Å². The van der Waals surface area contributed by atoms with Crippen LogP contribution in [0.15, 0.2) is 24.3 Å². The number of fused-ring (bicyclic) bond motifs is 1. The highest BCUT2D eigenvalue weighted by Crippen LogP contribution is 2.18. The molecule has 0 spiro atoms. The molecule has 4 heteroatoms. The molecule has 0 saturated carbocycles. The summed E-state index contributed by atoms with van der Waals surface area (Å²) >= 11 is 0. The molecule has 0 atom stereocenters. The molecule has 1 aromatic heterocycles. The molecule has 0 aliphatic heterocycles. The second-order valence-corrected chi connectivity index (χ2v) is 2.69. The zero-order chi connectivity index (χ0) is 9.42. The number of hydrogen-bond acceptors (Lipinski definition) is 2. The van der Waals surface area contributed by atoms with Gasteiger partial charge in [-0.2, -0.15) is 0 Å². The van der Waals surface area contributed by atoms with E-state index in [4.69, 9.17) is 5.73 Å². The van der Waals surface area contributed by atoms with Crippen molar-refractivity contribution in [1.82, 2.24) is 4.98 Å². The Morgan fingerprint density at radius 2 is 1.92 bits per heavy atom. The summed E-state index contributed by atoms with van der Waals surface area (Å²) in [5, 5.41) is 0.274. The maximum atomic E-state index is 13.1. The van der Waals surface area contributed by atoms with Crippen LogP contribution in [0.5, 0.6) is 0 Å². The highest BCUT2D eigenvalue weighted by Gasteiger charge is 2.04. The van der Waals surface area contributed by atoms with Crippen molar-refractivity contribution in [1.29, 1.82) is 0 Å². The van der Waals surface area contributed by atoms with E-state index in [1.807, 2.05) is 0 Å². The fourth-order valence-electron chi connectivity index (χ4n) is 1.17. The lowest BCUT2D eigenvalue weighted by molar-refractivity contribution is 0.591. The summed E-state index contributed by atoms with van der Waals surface area (Å²) in [5.74, 6) is -1.02. The first-order chi connectivity index (χ1) is 6.16. The molecule has 0 radical (unpaired) electrons. The van der Waals surface area contributed by atoms with Crippen molar-refractivity contribution < 1.29 is 8.78 Å². The summed E-state index contributed by atoms with van der Waals surface area (Å²) < 4.78 is 25.8. The van der Waals surface area contributed by atoms with Crippen molar-refractivity contribution in [2.45, 2.75) is 0 Å². The van der Waals surface area contributed by atoms with Gasteiger partial charge in [0.05, 0.1) is 5.52 Å². The Labute approximate surface area is 73.0 Å². The molecule has 2 aromatic rings. The predicted molar refractivity (Wildman–Crippen MR) is 46.1 cm³/mol. The predicted octanol–water partition coefficient (Wildman–Crippen LogP) is 2.10. The molecule has 0 aliphatic carbocycles. The van der Waals surface area contributed by atoms with Crippen LogP contribution in [0.2, 0.25) is 0 Å². The maximum absolute atomic E-state index is 13.1. The van der Waals surface area contributed by atoms with Crippen molar-refractivity contribution in [2.24, 2.45) is 0 Å². The Morgan fingerprint density at radius 1 is 1.15 bits per heavy atom. The third-order valence-corrected chi connectivity index (χ3v) is 1.74. The number of aromatic nitrogens is 1. The molecular weight excluding hydrogens is 174 g/mol. The zero-order valence-electron chi connectivity index (χ0n) is 6.59. The van der Waals surface area contributed by atoms with Crippen LogP contribution in [0.1, 0.15) is 0 Å². The number of nitrogens with zero attached hydrogens (tertiary/aromatic N) is 1. The van der Waals surface area contributed by atoms with Crippen molar-refractivity contribution in [3.63, 3.8) is 0 Å². The number of hydrogen-bond donors (Lipinski definition) is 1. The summed E-state index contributed by atoms with van der Waals surface area (Å²) in [6.45, 7) is 0. The highest BCUT2D eigenvalue weighted by molar-refractivity contribution is 5.80. The van der Waals surface area contributed by atoms with Crippen LogP contribution in [-0.4, -0.2) is 4.98 Å². The monoisotopic (exact) mass is 180 g/mol. The van der Waals surface area contributed by atoms with Crippen molar-refractivity contribution >= 4 is 16.7 Å². The van der Waals surface area contributed by atoms with Gasteiger partial charge >= 0.3 is 0 Å². The fourth-order valence-corrected chi connectivity index (χ4v) is 1.17. The summed E-state index contributed by atoms with van der Waals surface area (Å²) in [7, 11) is 0. The zero-order valence-corrected chi connectivity index (χ0v) is 6.59. The molecule has 13 heavy (non-hydrogen) atoms. The van der Waals surface area contributed by atoms with E-state index in [0.29, 0.717) is 0 Å². The van der Waals surface area contributed by atoms with Crippen LogP contribution in [0, 0.1) is 11.6 Å². The first-order valence-electron chi connectivity index (χ1n) is 3.68. The highest BCUT2D eigenvalue weighted by atomic mass is 19.1. The lowest BCUT2D eigenvalue weighted by atomic mass is 10.2. The quantitative estimate of drug-likeness (QED) is 0.674. The number of anilines is 1. The van der Waals surface area contributed by atoms with Crippen molar-refractivity contribution in [2.75, 3.05) is 5.73 Å². The Kier molecular flexibility index (Phi) is 1.62. The number of nitrogens with two attached hydrogens (primary N) is 1. The molecule has 2 N–H and O–H groups in total. The lowest BCUT2D eigenvalue weighted by Gasteiger charge is -1.99. The number of nitrogen functional groups attached to an aromatic ring is 1. The minimum Gasteiger partial charge on any atom is -0.384 e. The van der Waals surface area contributed by atoms with Gasteiger partial charge < -0.3 is 5.73 Å². The van der Waals surface area contributed by atoms with Crippen LogP contribution in [0.3, 0.4) is 0 Å². The molecule has 0 fully saturated rings. The van der Waals surface area contributed by atoms with Crippen LogP contribution in [0.4, 0.5) is 14.6 Å². The Hall–Kier alpha value is -1.71. The van der Waals surface area contributed by atoms with Gasteiger partial charge in [0.2, 0.25) is 0 Å². The smallest absolute Gasteiger partial charge is 0.135 e. The lowest BCUT2D eigenvalue weighted by Crippen LogP contribution is -1.92. The van der Waals surface area contributed by atoms with Gasteiger partial charge in [-0.05, 0) is 12.1 Å². The first kappa shape index (κ1) is 7.91. The molecule has 0 aliphatic rings. The van der Waals surface area contributed by atoms with E-state index in [9.17, 15) is 8.78 Å². The van der Waals surface area contributed by atoms with Crippen LogP contribution >= 0.6 is 0 Å². The molecule has 1 aromatic carbocycles. The second kappa shape index (κ2) is 2.65. The Morgan fingerprint density at radius 3 is 2.69 bits per heavy atom. The Balaban J connectivity index is 2.86. The molecule has 1 heterocycles. The van der Waals surface area contributed by atoms with E-state index in [2.05, 4.69) is 4.98 Å². The summed E-state index contributed by atoms with van der Waals surface area (Å²) in [4.78, 5) is 3.80. The minimum atomic E-state index is -0.650. The average molecular weight is 180 g/mol. The van der Waals surface area contributed by atoms with Gasteiger partial charge in [-0.1, -0.05) is 0 Å². The summed E-state index contributed by atoms with van der Waals surface area (Å²) in [5.41, 5.74) is 5.60. The first-order valence-corrected chi connectivity index (χ1v) is 3.68. The third-order valence-electron chi connectivity index (χ3n) is 1.74. The molecule has 0 bridgehead atoms. The molecule has 66 valence electrons. The van der Waals surface area contributed by atoms with Crippen LogP contribution in [0.25, 0.3) is 10.9 Å². The molecule has 2 nitrogen and oxygen atoms in total. The van der Waals surface area contributed by atoms with Crippen molar-refractivity contribution in [3.8, 4) is 0 Å². The topological polar surface area (TPSA) is 38.9 Å². The third kappa shape index (κ3) is 1.30. The van der Waals surface area contributed by atoms with Gasteiger partial charge in [-0.15, -0.1) is 0 Å². The van der Waals surface area contributed by atoms with Gasteiger partial charge in [-0.3, -0.25) is 0 Å². The van der Waals surface area contributed by atoms with Gasteiger partial charge in [-0.25, -0.2) is 13.8 Å². The van der Waals surface area contributed by atoms with E-state index in [1.54, 1.807) is 0 Å². The summed E-state index contributed by atoms with van der Waals surface area (Å²) in [6, 6.07) is 4.92. The van der Waals surface area contributed by atoms with E-state index >= 15 is 0 Å². The largest absolute Gasteiger partial charge is 0.384 e. The van der Waals surface area contributed by atoms with Gasteiger partial charge in [0.25, 0.3) is 0 Å². The normalized spacial score (nSPS) is 10.6. The van der Waals surface area contributed by atoms with Gasteiger partial charge in [0, 0.05) is 17.5 Å². The van der Waals surface area contributed by atoms with Crippen LogP contribution in [-0.2, 0) is 0 Å². The molecule has 0 amide bonds. The van der Waals surface area contributed by atoms with Gasteiger partial charge in [0.15, 0.2) is 0 Å². The summed E-state index contributed by atoms with van der Waals surface area (Å²) in [6.07, 6.45) is 0. The van der Waals surface area contributed by atoms with E-state index in [-0.39, 0.29) is 16.7 Å². The fraction of sp³-hybridized carbons (Fsp3) is 0. The minimum absolute atomic E-state index is 0.234. The Bertz CT molecular complexity index is 463. The molecular formula is C9H6F2N2.